The van der Waals surface area contributed by atoms with E-state index in [0.29, 0.717) is 22.1 Å². The average Bonchev–Trinajstić information content (AvgIpc) is 2.69. The minimum Gasteiger partial charge on any atom is -0.261 e. The number of halogens is 2. The second kappa shape index (κ2) is 7.51. The Bertz CT molecular complexity index is 1130. The zero-order chi connectivity index (χ0) is 18.6. The first kappa shape index (κ1) is 17.1. The van der Waals surface area contributed by atoms with Crippen LogP contribution in [0.3, 0.4) is 0 Å². The number of nitrogens with one attached hydrogen (secondary N) is 1. The summed E-state index contributed by atoms with van der Waals surface area (Å²) >= 11 is 5.89. The molecule has 0 aliphatic heterocycles. The molecule has 0 spiro atoms. The van der Waals surface area contributed by atoms with Crippen LogP contribution in [-0.4, -0.2) is 16.2 Å². The lowest BCUT2D eigenvalue weighted by Crippen LogP contribution is -1.98. The third-order valence-corrected chi connectivity index (χ3v) is 4.23. The maximum absolute atomic E-state index is 13.7. The van der Waals surface area contributed by atoms with Crippen LogP contribution < -0.4 is 5.43 Å². The van der Waals surface area contributed by atoms with Crippen molar-refractivity contribution in [3.63, 3.8) is 0 Å². The molecule has 4 aromatic rings. The summed E-state index contributed by atoms with van der Waals surface area (Å²) in [6.07, 6.45) is 3.34. The van der Waals surface area contributed by atoms with Gasteiger partial charge in [0.2, 0.25) is 0 Å². The first-order valence-electron chi connectivity index (χ1n) is 8.25. The van der Waals surface area contributed by atoms with Crippen LogP contribution in [0.5, 0.6) is 0 Å². The minimum absolute atomic E-state index is 0.311. The van der Waals surface area contributed by atoms with Gasteiger partial charge in [0.1, 0.15) is 5.82 Å². The van der Waals surface area contributed by atoms with E-state index in [2.05, 4.69) is 20.5 Å². The van der Waals surface area contributed by atoms with E-state index in [1.165, 1.54) is 12.1 Å². The standard InChI is InChI=1S/C21H14ClFN4/c22-17-8-6-14(7-9-17)13-25-27-21-19(15-3-1-5-18(23)11-15)12-16-4-2-10-24-20(16)26-21/h1-13H,(H,24,26,27)/b25-13+. The Morgan fingerprint density at radius 3 is 2.67 bits per heavy atom. The van der Waals surface area contributed by atoms with E-state index in [1.54, 1.807) is 30.6 Å². The van der Waals surface area contributed by atoms with E-state index < -0.39 is 0 Å². The van der Waals surface area contributed by atoms with Crippen LogP contribution in [0.1, 0.15) is 5.56 Å². The monoisotopic (exact) mass is 376 g/mol. The molecule has 27 heavy (non-hydrogen) atoms. The number of benzene rings is 2. The molecule has 132 valence electrons. The number of anilines is 1. The van der Waals surface area contributed by atoms with Crippen molar-refractivity contribution >= 4 is 34.7 Å². The quantitative estimate of drug-likeness (QED) is 0.376. The molecule has 2 aromatic heterocycles. The van der Waals surface area contributed by atoms with E-state index in [1.807, 2.05) is 36.4 Å². The van der Waals surface area contributed by atoms with E-state index in [9.17, 15) is 4.39 Å². The molecule has 0 aliphatic carbocycles. The first-order chi connectivity index (χ1) is 13.2. The maximum atomic E-state index is 13.7. The fourth-order valence-corrected chi connectivity index (χ4v) is 2.81. The van der Waals surface area contributed by atoms with Gasteiger partial charge in [-0.3, -0.25) is 5.43 Å². The summed E-state index contributed by atoms with van der Waals surface area (Å²) < 4.78 is 13.7. The third-order valence-electron chi connectivity index (χ3n) is 3.98. The topological polar surface area (TPSA) is 50.2 Å². The van der Waals surface area contributed by atoms with Gasteiger partial charge in [-0.05, 0) is 53.6 Å². The summed E-state index contributed by atoms with van der Waals surface area (Å²) in [5.41, 5.74) is 5.87. The van der Waals surface area contributed by atoms with Crippen LogP contribution in [0.2, 0.25) is 5.02 Å². The molecular weight excluding hydrogens is 363 g/mol. The maximum Gasteiger partial charge on any atom is 0.161 e. The Morgan fingerprint density at radius 2 is 1.85 bits per heavy atom. The Balaban J connectivity index is 1.73. The van der Waals surface area contributed by atoms with Crippen molar-refractivity contribution < 1.29 is 4.39 Å². The highest BCUT2D eigenvalue weighted by Gasteiger charge is 2.10. The van der Waals surface area contributed by atoms with Crippen LogP contribution in [0.25, 0.3) is 22.2 Å². The Labute approximate surface area is 160 Å². The lowest BCUT2D eigenvalue weighted by atomic mass is 10.1. The van der Waals surface area contributed by atoms with Gasteiger partial charge in [0.15, 0.2) is 11.5 Å². The van der Waals surface area contributed by atoms with Crippen LogP contribution in [0.4, 0.5) is 10.2 Å². The lowest BCUT2D eigenvalue weighted by molar-refractivity contribution is 0.628. The number of fused-ring (bicyclic) bond motifs is 1. The summed E-state index contributed by atoms with van der Waals surface area (Å²) in [5, 5.41) is 5.78. The Kier molecular flexibility index (Phi) is 4.77. The molecule has 0 aliphatic rings. The molecule has 2 aromatic carbocycles. The number of hydrogen-bond acceptors (Lipinski definition) is 4. The van der Waals surface area contributed by atoms with Crippen molar-refractivity contribution in [3.8, 4) is 11.1 Å². The fourth-order valence-electron chi connectivity index (χ4n) is 2.68. The highest BCUT2D eigenvalue weighted by atomic mass is 35.5. The van der Waals surface area contributed by atoms with Gasteiger partial charge in [0.05, 0.1) is 6.21 Å². The molecule has 0 unspecified atom stereocenters. The number of rotatable bonds is 4. The zero-order valence-corrected chi connectivity index (χ0v) is 14.9. The molecule has 4 rings (SSSR count). The first-order valence-corrected chi connectivity index (χ1v) is 8.63. The molecule has 6 heteroatoms. The van der Waals surface area contributed by atoms with Gasteiger partial charge in [0, 0.05) is 22.2 Å². The molecule has 0 amide bonds. The molecule has 0 saturated heterocycles. The summed E-state index contributed by atoms with van der Waals surface area (Å²) in [5.74, 6) is 0.186. The van der Waals surface area contributed by atoms with Gasteiger partial charge >= 0.3 is 0 Å². The van der Waals surface area contributed by atoms with Crippen molar-refractivity contribution in [2.45, 2.75) is 0 Å². The van der Waals surface area contributed by atoms with Crippen molar-refractivity contribution in [1.82, 2.24) is 9.97 Å². The van der Waals surface area contributed by atoms with Crippen LogP contribution in [0.15, 0.2) is 78.0 Å². The fraction of sp³-hybridized carbons (Fsp3) is 0. The third kappa shape index (κ3) is 3.93. The molecule has 1 N–H and O–H groups in total. The lowest BCUT2D eigenvalue weighted by Gasteiger charge is -2.10. The van der Waals surface area contributed by atoms with Crippen LogP contribution in [0, 0.1) is 5.82 Å². The molecule has 0 atom stereocenters. The van der Waals surface area contributed by atoms with Crippen molar-refractivity contribution in [1.29, 1.82) is 0 Å². The number of nitrogens with zero attached hydrogens (tertiary/aromatic N) is 3. The van der Waals surface area contributed by atoms with Crippen molar-refractivity contribution in [2.75, 3.05) is 5.43 Å². The molecule has 0 saturated carbocycles. The normalized spacial score (nSPS) is 11.2. The molecule has 0 bridgehead atoms. The minimum atomic E-state index is -0.311. The smallest absolute Gasteiger partial charge is 0.161 e. The second-order valence-electron chi connectivity index (χ2n) is 5.87. The van der Waals surface area contributed by atoms with Crippen LogP contribution in [-0.2, 0) is 0 Å². The van der Waals surface area contributed by atoms with Gasteiger partial charge in [-0.1, -0.05) is 35.9 Å². The van der Waals surface area contributed by atoms with Crippen molar-refractivity contribution in [2.24, 2.45) is 5.10 Å². The van der Waals surface area contributed by atoms with Crippen LogP contribution >= 0.6 is 11.6 Å². The highest BCUT2D eigenvalue weighted by molar-refractivity contribution is 6.30. The summed E-state index contributed by atoms with van der Waals surface area (Å²) in [4.78, 5) is 8.83. The molecule has 0 fully saturated rings. The molecule has 0 radical (unpaired) electrons. The number of hydrogen-bond donors (Lipinski definition) is 1. The van der Waals surface area contributed by atoms with E-state index >= 15 is 0 Å². The zero-order valence-electron chi connectivity index (χ0n) is 14.1. The van der Waals surface area contributed by atoms with E-state index in [4.69, 9.17) is 11.6 Å². The summed E-state index contributed by atoms with van der Waals surface area (Å²) in [6.45, 7) is 0. The van der Waals surface area contributed by atoms with Gasteiger partial charge in [0.25, 0.3) is 0 Å². The van der Waals surface area contributed by atoms with Gasteiger partial charge in [-0.2, -0.15) is 5.10 Å². The SMILES string of the molecule is Fc1cccc(-c2cc3cccnc3nc2N/N=C/c2ccc(Cl)cc2)c1. The summed E-state index contributed by atoms with van der Waals surface area (Å²) in [6, 6.07) is 19.3. The van der Waals surface area contributed by atoms with E-state index in [-0.39, 0.29) is 5.82 Å². The average molecular weight is 377 g/mol. The molecule has 4 nitrogen and oxygen atoms in total. The van der Waals surface area contributed by atoms with E-state index in [0.717, 1.165) is 16.5 Å². The predicted molar refractivity (Wildman–Crippen MR) is 108 cm³/mol. The molecule has 2 heterocycles. The summed E-state index contributed by atoms with van der Waals surface area (Å²) in [7, 11) is 0. The number of aromatic nitrogens is 2. The number of hydrazone groups is 1. The Morgan fingerprint density at radius 1 is 1.00 bits per heavy atom. The largest absolute Gasteiger partial charge is 0.261 e. The number of pyridine rings is 2. The second-order valence-corrected chi connectivity index (χ2v) is 6.30. The van der Waals surface area contributed by atoms with Crippen molar-refractivity contribution in [3.05, 3.63) is 89.3 Å². The van der Waals surface area contributed by atoms with Gasteiger partial charge in [-0.15, -0.1) is 0 Å². The predicted octanol–water partition coefficient (Wildman–Crippen LogP) is 5.54. The van der Waals surface area contributed by atoms with Gasteiger partial charge in [-0.25, -0.2) is 14.4 Å². The Hall–Kier alpha value is -3.31. The van der Waals surface area contributed by atoms with Gasteiger partial charge < -0.3 is 0 Å². The highest BCUT2D eigenvalue weighted by Crippen LogP contribution is 2.30. The molecular formula is C21H14ClFN4.